The zero-order valence-corrected chi connectivity index (χ0v) is 14.8. The van der Waals surface area contributed by atoms with E-state index in [9.17, 15) is 4.79 Å². The average Bonchev–Trinajstić information content (AvgIpc) is 2.48. The van der Waals surface area contributed by atoms with E-state index in [4.69, 9.17) is 11.6 Å². The van der Waals surface area contributed by atoms with Gasteiger partial charge in [0, 0.05) is 22.8 Å². The molecule has 1 fully saturated rings. The fourth-order valence-corrected chi connectivity index (χ4v) is 3.43. The third-order valence-corrected chi connectivity index (χ3v) is 5.10. The van der Waals surface area contributed by atoms with Gasteiger partial charge >= 0.3 is 0 Å². The number of hydrogen-bond acceptors (Lipinski definition) is 3. The van der Waals surface area contributed by atoms with Crippen molar-refractivity contribution in [2.45, 2.75) is 37.6 Å². The van der Waals surface area contributed by atoms with E-state index in [-0.39, 0.29) is 16.6 Å². The predicted octanol–water partition coefficient (Wildman–Crippen LogP) is 3.49. The lowest BCUT2D eigenvalue weighted by Gasteiger charge is -2.43. The summed E-state index contributed by atoms with van der Waals surface area (Å²) in [6, 6.07) is 1.70. The van der Waals surface area contributed by atoms with Crippen LogP contribution in [-0.2, 0) is 0 Å². The van der Waals surface area contributed by atoms with Crippen molar-refractivity contribution in [3.8, 4) is 0 Å². The van der Waals surface area contributed by atoms with Crippen molar-refractivity contribution >= 4 is 33.4 Å². The van der Waals surface area contributed by atoms with Crippen LogP contribution in [0.15, 0.2) is 16.7 Å². The molecule has 1 saturated carbocycles. The van der Waals surface area contributed by atoms with Crippen LogP contribution < -0.4 is 5.32 Å². The molecular formula is C15H21BrClN3O. The molecule has 0 atom stereocenters. The molecule has 1 N–H and O–H groups in total. The van der Waals surface area contributed by atoms with Gasteiger partial charge in [-0.15, -0.1) is 0 Å². The Kier molecular flexibility index (Phi) is 5.63. The number of aromatic nitrogens is 1. The van der Waals surface area contributed by atoms with Gasteiger partial charge in [0.2, 0.25) is 0 Å². The molecule has 21 heavy (non-hydrogen) atoms. The summed E-state index contributed by atoms with van der Waals surface area (Å²) in [4.78, 5) is 18.6. The second kappa shape index (κ2) is 7.07. The predicted molar refractivity (Wildman–Crippen MR) is 88.8 cm³/mol. The molecule has 1 aliphatic rings. The maximum Gasteiger partial charge on any atom is 0.254 e. The molecule has 1 heterocycles. The van der Waals surface area contributed by atoms with E-state index in [1.165, 1.54) is 19.3 Å². The zero-order valence-electron chi connectivity index (χ0n) is 12.5. The second-order valence-electron chi connectivity index (χ2n) is 5.85. The maximum absolute atomic E-state index is 12.4. The Bertz CT molecular complexity index is 516. The molecule has 1 aromatic heterocycles. The molecular weight excluding hydrogens is 354 g/mol. The molecule has 1 amide bonds. The summed E-state index contributed by atoms with van der Waals surface area (Å²) in [5.74, 6) is -0.166. The van der Waals surface area contributed by atoms with Gasteiger partial charge in [-0.3, -0.25) is 4.79 Å². The average molecular weight is 375 g/mol. The van der Waals surface area contributed by atoms with Crippen LogP contribution in [0, 0.1) is 0 Å². The largest absolute Gasteiger partial charge is 0.350 e. The van der Waals surface area contributed by atoms with Gasteiger partial charge in [0.1, 0.15) is 5.15 Å². The van der Waals surface area contributed by atoms with Crippen molar-refractivity contribution in [1.82, 2.24) is 15.2 Å². The van der Waals surface area contributed by atoms with Crippen molar-refractivity contribution in [2.75, 3.05) is 20.6 Å². The quantitative estimate of drug-likeness (QED) is 0.821. The fraction of sp³-hybridized carbons (Fsp3) is 0.600. The smallest absolute Gasteiger partial charge is 0.254 e. The van der Waals surface area contributed by atoms with Crippen LogP contribution in [-0.4, -0.2) is 42.0 Å². The molecule has 0 spiro atoms. The summed E-state index contributed by atoms with van der Waals surface area (Å²) in [6.45, 7) is 0.641. The van der Waals surface area contributed by atoms with E-state index in [0.29, 0.717) is 12.1 Å². The molecule has 0 aliphatic heterocycles. The van der Waals surface area contributed by atoms with Crippen LogP contribution in [0.1, 0.15) is 42.5 Å². The summed E-state index contributed by atoms with van der Waals surface area (Å²) in [5, 5.41) is 3.27. The number of hydrogen-bond donors (Lipinski definition) is 1. The standard InChI is InChI=1S/C15H21BrClN3O/c1-20(2)15(6-4-3-5-7-15)10-19-14(21)12-8-11(16)9-18-13(12)17/h8-9H,3-7,10H2,1-2H3,(H,19,21). The minimum atomic E-state index is -0.166. The Hall–Kier alpha value is -0.650. The first-order valence-electron chi connectivity index (χ1n) is 7.21. The molecule has 1 aromatic rings. The highest BCUT2D eigenvalue weighted by atomic mass is 79.9. The number of likely N-dealkylation sites (N-methyl/N-ethyl adjacent to an activating group) is 1. The van der Waals surface area contributed by atoms with Crippen LogP contribution in [0.3, 0.4) is 0 Å². The lowest BCUT2D eigenvalue weighted by molar-refractivity contribution is 0.0799. The fourth-order valence-electron chi connectivity index (χ4n) is 2.91. The van der Waals surface area contributed by atoms with E-state index >= 15 is 0 Å². The van der Waals surface area contributed by atoms with E-state index < -0.39 is 0 Å². The Morgan fingerprint density at radius 3 is 2.71 bits per heavy atom. The van der Waals surface area contributed by atoms with Gasteiger partial charge in [-0.1, -0.05) is 30.9 Å². The van der Waals surface area contributed by atoms with E-state index in [1.54, 1.807) is 12.3 Å². The normalized spacial score (nSPS) is 17.8. The molecule has 4 nitrogen and oxygen atoms in total. The number of amides is 1. The molecule has 2 rings (SSSR count). The first-order valence-corrected chi connectivity index (χ1v) is 8.38. The summed E-state index contributed by atoms with van der Waals surface area (Å²) >= 11 is 9.32. The lowest BCUT2D eigenvalue weighted by Crippen LogP contribution is -2.53. The monoisotopic (exact) mass is 373 g/mol. The third-order valence-electron chi connectivity index (χ3n) is 4.36. The number of nitrogens with one attached hydrogen (secondary N) is 1. The van der Waals surface area contributed by atoms with Gasteiger partial charge < -0.3 is 10.2 Å². The van der Waals surface area contributed by atoms with E-state index in [2.05, 4.69) is 45.2 Å². The van der Waals surface area contributed by atoms with Crippen LogP contribution >= 0.6 is 27.5 Å². The van der Waals surface area contributed by atoms with Crippen LogP contribution in [0.25, 0.3) is 0 Å². The number of carbonyl (C=O) groups excluding carboxylic acids is 1. The van der Waals surface area contributed by atoms with E-state index in [0.717, 1.165) is 17.3 Å². The van der Waals surface area contributed by atoms with Gasteiger partial charge in [-0.2, -0.15) is 0 Å². The first kappa shape index (κ1) is 16.7. The Morgan fingerprint density at radius 2 is 2.10 bits per heavy atom. The summed E-state index contributed by atoms with van der Waals surface area (Å²) in [6.07, 6.45) is 7.53. The number of pyridine rings is 1. The van der Waals surface area contributed by atoms with Crippen molar-refractivity contribution in [1.29, 1.82) is 0 Å². The topological polar surface area (TPSA) is 45.2 Å². The summed E-state index contributed by atoms with van der Waals surface area (Å²) in [5.41, 5.74) is 0.468. The van der Waals surface area contributed by atoms with Crippen molar-refractivity contribution in [2.24, 2.45) is 0 Å². The highest BCUT2D eigenvalue weighted by molar-refractivity contribution is 9.10. The van der Waals surface area contributed by atoms with Crippen molar-refractivity contribution in [3.05, 3.63) is 27.5 Å². The Balaban J connectivity index is 2.07. The van der Waals surface area contributed by atoms with Crippen LogP contribution in [0.4, 0.5) is 0 Å². The zero-order chi connectivity index (χ0) is 15.5. The Morgan fingerprint density at radius 1 is 1.43 bits per heavy atom. The molecule has 0 aromatic carbocycles. The molecule has 0 saturated heterocycles. The molecule has 0 unspecified atom stereocenters. The van der Waals surface area contributed by atoms with Gasteiger partial charge in [0.15, 0.2) is 0 Å². The van der Waals surface area contributed by atoms with Crippen LogP contribution in [0.5, 0.6) is 0 Å². The SMILES string of the molecule is CN(C)C1(CNC(=O)c2cc(Br)cnc2Cl)CCCCC1. The van der Waals surface area contributed by atoms with Crippen molar-refractivity contribution in [3.63, 3.8) is 0 Å². The summed E-state index contributed by atoms with van der Waals surface area (Å²) in [7, 11) is 4.18. The number of nitrogens with zero attached hydrogens (tertiary/aromatic N) is 2. The minimum absolute atomic E-state index is 0.0554. The lowest BCUT2D eigenvalue weighted by atomic mass is 9.80. The molecule has 116 valence electrons. The molecule has 0 radical (unpaired) electrons. The number of rotatable bonds is 4. The van der Waals surface area contributed by atoms with Gasteiger partial charge in [-0.25, -0.2) is 4.98 Å². The molecule has 1 aliphatic carbocycles. The number of halogens is 2. The van der Waals surface area contributed by atoms with Gasteiger partial charge in [0.25, 0.3) is 5.91 Å². The third kappa shape index (κ3) is 3.96. The van der Waals surface area contributed by atoms with E-state index in [1.807, 2.05) is 0 Å². The van der Waals surface area contributed by atoms with Gasteiger partial charge in [-0.05, 0) is 48.9 Å². The maximum atomic E-state index is 12.4. The number of carbonyl (C=O) groups is 1. The highest BCUT2D eigenvalue weighted by Gasteiger charge is 2.34. The van der Waals surface area contributed by atoms with Gasteiger partial charge in [0.05, 0.1) is 5.56 Å². The first-order chi connectivity index (χ1) is 9.94. The molecule has 0 bridgehead atoms. The summed E-state index contributed by atoms with van der Waals surface area (Å²) < 4.78 is 0.747. The Labute approximate surface area is 139 Å². The minimum Gasteiger partial charge on any atom is -0.350 e. The second-order valence-corrected chi connectivity index (χ2v) is 7.13. The van der Waals surface area contributed by atoms with Crippen molar-refractivity contribution < 1.29 is 4.79 Å². The molecule has 6 heteroatoms. The van der Waals surface area contributed by atoms with Crippen LogP contribution in [0.2, 0.25) is 5.15 Å². The highest BCUT2D eigenvalue weighted by Crippen LogP contribution is 2.31.